The van der Waals surface area contributed by atoms with Gasteiger partial charge in [0.25, 0.3) is 5.91 Å². The first-order valence-electron chi connectivity index (χ1n) is 14.4. The van der Waals surface area contributed by atoms with Gasteiger partial charge in [-0.1, -0.05) is 72.4 Å². The van der Waals surface area contributed by atoms with Crippen LogP contribution in [0.3, 0.4) is 0 Å². The number of aliphatic imine (C=N–C) groups is 1. The Hall–Kier alpha value is -5.12. The van der Waals surface area contributed by atoms with E-state index in [9.17, 15) is 28.8 Å². The van der Waals surface area contributed by atoms with E-state index in [1.165, 1.54) is 13.3 Å². The number of amidine groups is 1. The molecule has 15 nitrogen and oxygen atoms in total. The van der Waals surface area contributed by atoms with Crippen LogP contribution < -0.4 is 21.3 Å². The largest absolute Gasteiger partial charge is 0.445 e. The predicted octanol–water partition coefficient (Wildman–Crippen LogP) is 3.54. The number of alkyl carbamates (subject to hydrolysis) is 3. The van der Waals surface area contributed by atoms with Crippen LogP contribution in [0.5, 0.6) is 0 Å². The first-order valence-corrected chi connectivity index (χ1v) is 15.6. The lowest BCUT2D eigenvalue weighted by Crippen LogP contribution is -2.54. The molecule has 0 heterocycles. The third-order valence-corrected chi connectivity index (χ3v) is 6.45. The average Bonchev–Trinajstić information content (AvgIpc) is 3.02. The Morgan fingerprint density at radius 2 is 1.36 bits per heavy atom. The normalized spacial score (nSPS) is 11.7. The van der Waals surface area contributed by atoms with Gasteiger partial charge in [0.05, 0.1) is 6.54 Å². The lowest BCUT2D eigenvalue weighted by molar-refractivity contribution is -0.138. The van der Waals surface area contributed by atoms with E-state index < -0.39 is 47.8 Å². The van der Waals surface area contributed by atoms with Gasteiger partial charge < -0.3 is 35.1 Å². The highest BCUT2D eigenvalue weighted by Gasteiger charge is 2.29. The molecule has 0 saturated heterocycles. The first-order chi connectivity index (χ1) is 22.3. The van der Waals surface area contributed by atoms with Crippen LogP contribution in [0.25, 0.3) is 0 Å². The molecule has 1 atom stereocenters. The van der Waals surface area contributed by atoms with Gasteiger partial charge in [-0.05, 0) is 38.2 Å². The third-order valence-electron chi connectivity index (χ3n) is 5.87. The number of hydrogen-bond donors (Lipinski definition) is 4. The molecule has 254 valence electrons. The van der Waals surface area contributed by atoms with E-state index in [1.807, 2.05) is 23.5 Å². The number of benzene rings is 2. The van der Waals surface area contributed by atoms with Crippen molar-refractivity contribution in [1.29, 1.82) is 0 Å². The summed E-state index contributed by atoms with van der Waals surface area (Å²) in [6, 6.07) is 15.4. The monoisotopic (exact) mass is 672 g/mol. The molecule has 2 aromatic carbocycles. The van der Waals surface area contributed by atoms with Gasteiger partial charge in [-0.2, -0.15) is 4.99 Å². The smallest absolute Gasteiger partial charge is 0.415 e. The molecule has 47 heavy (non-hydrogen) atoms. The van der Waals surface area contributed by atoms with Gasteiger partial charge >= 0.3 is 24.3 Å². The fourth-order valence-electron chi connectivity index (χ4n) is 3.58. The second-order valence-corrected chi connectivity index (χ2v) is 11.5. The van der Waals surface area contributed by atoms with Gasteiger partial charge in [-0.25, -0.2) is 24.5 Å². The number of urea groups is 1. The second-order valence-electron chi connectivity index (χ2n) is 10.7. The number of likely N-dealkylation sites (N-methyl/N-ethyl adjacent to an activating group) is 1. The Kier molecular flexibility index (Phi) is 15.7. The van der Waals surface area contributed by atoms with Crippen molar-refractivity contribution >= 4 is 53.1 Å². The molecule has 0 aromatic heterocycles. The first kappa shape index (κ1) is 38.1. The van der Waals surface area contributed by atoms with Gasteiger partial charge in [0, 0.05) is 20.0 Å². The number of thioether (sulfide) groups is 1. The third kappa shape index (κ3) is 15.6. The Balaban J connectivity index is 2.00. The lowest BCUT2D eigenvalue weighted by Gasteiger charge is -2.28. The average molecular weight is 673 g/mol. The summed E-state index contributed by atoms with van der Waals surface area (Å²) in [5, 5.41) is 9.10. The van der Waals surface area contributed by atoms with Crippen LogP contribution in [0.2, 0.25) is 0 Å². The molecular weight excluding hydrogens is 632 g/mol. The molecule has 1 unspecified atom stereocenters. The molecule has 0 aliphatic rings. The van der Waals surface area contributed by atoms with Crippen molar-refractivity contribution in [2.24, 2.45) is 4.99 Å². The minimum Gasteiger partial charge on any atom is -0.445 e. The summed E-state index contributed by atoms with van der Waals surface area (Å²) in [4.78, 5) is 79.8. The van der Waals surface area contributed by atoms with Crippen molar-refractivity contribution in [2.75, 3.05) is 26.4 Å². The molecule has 16 heteroatoms. The summed E-state index contributed by atoms with van der Waals surface area (Å²) in [6.07, 6.45) is -1.29. The SMILES string of the molecule is CS/C(=N\C(=O)NC(=O)OCc1ccccc1)NC(=O)C(CNC(=O)OC(C)(C)C)N(C)C(=O)CCNC(=O)OCc1ccccc1. The number of carbonyl (C=O) groups excluding carboxylic acids is 6. The van der Waals surface area contributed by atoms with Gasteiger partial charge in [0.2, 0.25) is 5.91 Å². The Labute approximate surface area is 277 Å². The Bertz CT molecular complexity index is 1400. The van der Waals surface area contributed by atoms with E-state index in [-0.39, 0.29) is 37.9 Å². The highest BCUT2D eigenvalue weighted by Crippen LogP contribution is 2.08. The number of amides is 7. The van der Waals surface area contributed by atoms with E-state index in [0.29, 0.717) is 5.56 Å². The van der Waals surface area contributed by atoms with Crippen molar-refractivity contribution in [2.45, 2.75) is 52.0 Å². The molecule has 0 radical (unpaired) electrons. The van der Waals surface area contributed by atoms with Gasteiger partial charge in [-0.15, -0.1) is 0 Å². The zero-order chi connectivity index (χ0) is 34.8. The van der Waals surface area contributed by atoms with Crippen molar-refractivity contribution in [1.82, 2.24) is 26.2 Å². The van der Waals surface area contributed by atoms with Crippen LogP contribution >= 0.6 is 11.8 Å². The molecule has 4 N–H and O–H groups in total. The quantitative estimate of drug-likeness (QED) is 0.156. The van der Waals surface area contributed by atoms with Crippen molar-refractivity contribution in [3.05, 3.63) is 71.8 Å². The highest BCUT2D eigenvalue weighted by molar-refractivity contribution is 8.13. The Morgan fingerprint density at radius 1 is 0.809 bits per heavy atom. The predicted molar refractivity (Wildman–Crippen MR) is 174 cm³/mol. The zero-order valence-electron chi connectivity index (χ0n) is 26.9. The van der Waals surface area contributed by atoms with Crippen LogP contribution in [0.15, 0.2) is 65.7 Å². The van der Waals surface area contributed by atoms with E-state index in [1.54, 1.807) is 63.2 Å². The van der Waals surface area contributed by atoms with E-state index in [2.05, 4.69) is 20.9 Å². The molecule has 0 spiro atoms. The minimum atomic E-state index is -1.30. The van der Waals surface area contributed by atoms with Crippen molar-refractivity contribution in [3.63, 3.8) is 0 Å². The molecule has 7 amide bonds. The molecule has 0 aliphatic heterocycles. The number of rotatable bonds is 11. The van der Waals surface area contributed by atoms with Crippen LogP contribution in [0.4, 0.5) is 19.2 Å². The summed E-state index contributed by atoms with van der Waals surface area (Å²) in [5.41, 5.74) is 0.677. The maximum atomic E-state index is 13.3. The van der Waals surface area contributed by atoms with E-state index in [4.69, 9.17) is 14.2 Å². The second kappa shape index (κ2) is 19.4. The van der Waals surface area contributed by atoms with Gasteiger partial charge in [0.1, 0.15) is 24.9 Å². The molecule has 2 rings (SSSR count). The molecule has 2 aromatic rings. The molecule has 0 saturated carbocycles. The molecule has 0 fully saturated rings. The van der Waals surface area contributed by atoms with E-state index in [0.717, 1.165) is 22.2 Å². The summed E-state index contributed by atoms with van der Waals surface area (Å²) in [6.45, 7) is 4.49. The Morgan fingerprint density at radius 3 is 1.89 bits per heavy atom. The van der Waals surface area contributed by atoms with Crippen LogP contribution in [-0.2, 0) is 37.0 Å². The van der Waals surface area contributed by atoms with Gasteiger partial charge in [-0.3, -0.25) is 9.59 Å². The fourth-order valence-corrected chi connectivity index (χ4v) is 3.95. The molecule has 0 bridgehead atoms. The fraction of sp³-hybridized carbons (Fsp3) is 0.387. The lowest BCUT2D eigenvalue weighted by atomic mass is 10.2. The standard InChI is InChI=1S/C31H40N6O9S/c1-31(2,3)46-29(42)33-18-23(37(4)24(38)16-17-32-28(41)44-19-21-12-8-6-9-13-21)25(39)34-27(47-5)35-26(40)36-30(43)45-20-22-14-10-7-11-15-22/h6-15,23H,16-20H2,1-5H3,(H,32,41)(H,33,42)(H2,34,35,36,39,40,43). The molecule has 0 aliphatic carbocycles. The number of hydrogen-bond acceptors (Lipinski definition) is 10. The van der Waals surface area contributed by atoms with Crippen LogP contribution in [0.1, 0.15) is 38.3 Å². The number of nitrogens with one attached hydrogen (secondary N) is 4. The summed E-state index contributed by atoms with van der Waals surface area (Å²) in [5.74, 6) is -1.36. The number of ether oxygens (including phenoxy) is 3. The van der Waals surface area contributed by atoms with Crippen LogP contribution in [-0.4, -0.2) is 84.2 Å². The number of imide groups is 1. The van der Waals surface area contributed by atoms with Crippen molar-refractivity contribution in [3.8, 4) is 0 Å². The van der Waals surface area contributed by atoms with Crippen molar-refractivity contribution < 1.29 is 43.0 Å². The number of nitrogens with zero attached hydrogens (tertiary/aromatic N) is 2. The van der Waals surface area contributed by atoms with Crippen LogP contribution in [0, 0.1) is 0 Å². The zero-order valence-corrected chi connectivity index (χ0v) is 27.7. The number of carbonyl (C=O) groups is 6. The molecular formula is C31H40N6O9S. The topological polar surface area (TPSA) is 194 Å². The van der Waals surface area contributed by atoms with E-state index >= 15 is 0 Å². The summed E-state index contributed by atoms with van der Waals surface area (Å²) in [7, 11) is 1.34. The maximum Gasteiger partial charge on any atom is 0.415 e. The maximum absolute atomic E-state index is 13.3. The summed E-state index contributed by atoms with van der Waals surface area (Å²) < 4.78 is 15.3. The highest BCUT2D eigenvalue weighted by atomic mass is 32.2. The summed E-state index contributed by atoms with van der Waals surface area (Å²) >= 11 is 0.882. The van der Waals surface area contributed by atoms with Gasteiger partial charge in [0.15, 0.2) is 5.17 Å². The minimum absolute atomic E-state index is 0.0469.